The Morgan fingerprint density at radius 1 is 1.33 bits per heavy atom. The number of aliphatic hydroxyl groups is 1. The number of nitrogens with zero attached hydrogens (tertiary/aromatic N) is 1. The van der Waals surface area contributed by atoms with Crippen LogP contribution >= 0.6 is 0 Å². The highest BCUT2D eigenvalue weighted by Gasteiger charge is 2.04. The minimum atomic E-state index is -0.421. The molecule has 1 rings (SSSR count). The van der Waals surface area contributed by atoms with Gasteiger partial charge in [0.2, 0.25) is 5.91 Å². The Labute approximate surface area is 109 Å². The lowest BCUT2D eigenvalue weighted by Crippen LogP contribution is -2.23. The number of hydrogen-bond donors (Lipinski definition) is 2. The average Bonchev–Trinajstić information content (AvgIpc) is 2.34. The summed E-state index contributed by atoms with van der Waals surface area (Å²) in [5.74, 6) is -0.0208. The standard InChI is InChI=1S/C14H22N2O2/c1-11(17)4-9-14(18)15-10-12-5-7-13(8-6-12)16(2)3/h5-8,11,17H,4,9-10H2,1-3H3,(H,15,18). The number of aliphatic hydroxyl groups excluding tert-OH is 1. The highest BCUT2D eigenvalue weighted by molar-refractivity contribution is 5.75. The van der Waals surface area contributed by atoms with Gasteiger partial charge in [-0.3, -0.25) is 4.79 Å². The summed E-state index contributed by atoms with van der Waals surface area (Å²) in [6.07, 6.45) is 0.453. The normalized spacial score (nSPS) is 12.0. The molecule has 18 heavy (non-hydrogen) atoms. The Kier molecular flexibility index (Phi) is 5.65. The Morgan fingerprint density at radius 3 is 2.44 bits per heavy atom. The van der Waals surface area contributed by atoms with E-state index in [-0.39, 0.29) is 5.91 Å². The van der Waals surface area contributed by atoms with Crippen molar-refractivity contribution in [2.45, 2.75) is 32.4 Å². The van der Waals surface area contributed by atoms with E-state index in [4.69, 9.17) is 5.11 Å². The number of nitrogens with one attached hydrogen (secondary N) is 1. The van der Waals surface area contributed by atoms with Crippen LogP contribution in [0.5, 0.6) is 0 Å². The van der Waals surface area contributed by atoms with Crippen molar-refractivity contribution in [3.05, 3.63) is 29.8 Å². The SMILES string of the molecule is CC(O)CCC(=O)NCc1ccc(N(C)C)cc1. The number of benzene rings is 1. The zero-order valence-electron chi connectivity index (χ0n) is 11.3. The summed E-state index contributed by atoms with van der Waals surface area (Å²) >= 11 is 0. The summed E-state index contributed by atoms with van der Waals surface area (Å²) in [7, 11) is 3.99. The van der Waals surface area contributed by atoms with Gasteiger partial charge in [0.05, 0.1) is 6.10 Å². The summed E-state index contributed by atoms with van der Waals surface area (Å²) < 4.78 is 0. The van der Waals surface area contributed by atoms with Gasteiger partial charge >= 0.3 is 0 Å². The molecule has 0 aliphatic carbocycles. The van der Waals surface area contributed by atoms with E-state index in [2.05, 4.69) is 5.32 Å². The third-order valence-electron chi connectivity index (χ3n) is 2.73. The van der Waals surface area contributed by atoms with Crippen molar-refractivity contribution >= 4 is 11.6 Å². The first-order valence-electron chi connectivity index (χ1n) is 6.20. The van der Waals surface area contributed by atoms with E-state index in [1.54, 1.807) is 6.92 Å². The Morgan fingerprint density at radius 2 is 1.94 bits per heavy atom. The van der Waals surface area contributed by atoms with E-state index in [1.807, 2.05) is 43.3 Å². The van der Waals surface area contributed by atoms with Crippen LogP contribution in [0.2, 0.25) is 0 Å². The number of hydrogen-bond acceptors (Lipinski definition) is 3. The maximum absolute atomic E-state index is 11.5. The van der Waals surface area contributed by atoms with Crippen molar-refractivity contribution in [3.63, 3.8) is 0 Å². The molecule has 100 valence electrons. The fourth-order valence-corrected chi connectivity index (χ4v) is 1.54. The predicted molar refractivity (Wildman–Crippen MR) is 73.5 cm³/mol. The first-order chi connectivity index (χ1) is 8.49. The fraction of sp³-hybridized carbons (Fsp3) is 0.500. The van der Waals surface area contributed by atoms with Crippen molar-refractivity contribution < 1.29 is 9.90 Å². The summed E-state index contributed by atoms with van der Waals surface area (Å²) in [5.41, 5.74) is 2.21. The van der Waals surface area contributed by atoms with E-state index in [0.29, 0.717) is 19.4 Å². The number of anilines is 1. The van der Waals surface area contributed by atoms with Crippen molar-refractivity contribution in [1.82, 2.24) is 5.32 Å². The molecule has 0 saturated carbocycles. The third-order valence-corrected chi connectivity index (χ3v) is 2.73. The molecule has 0 fully saturated rings. The summed E-state index contributed by atoms with van der Waals surface area (Å²) in [6.45, 7) is 2.22. The van der Waals surface area contributed by atoms with Gasteiger partial charge < -0.3 is 15.3 Å². The number of carbonyl (C=O) groups excluding carboxylic acids is 1. The lowest BCUT2D eigenvalue weighted by molar-refractivity contribution is -0.121. The highest BCUT2D eigenvalue weighted by Crippen LogP contribution is 2.12. The van der Waals surface area contributed by atoms with E-state index in [9.17, 15) is 4.79 Å². The van der Waals surface area contributed by atoms with Crippen molar-refractivity contribution in [2.24, 2.45) is 0 Å². The topological polar surface area (TPSA) is 52.6 Å². The van der Waals surface area contributed by atoms with E-state index >= 15 is 0 Å². The van der Waals surface area contributed by atoms with Crippen LogP contribution in [-0.2, 0) is 11.3 Å². The zero-order valence-corrected chi connectivity index (χ0v) is 11.3. The van der Waals surface area contributed by atoms with Crippen molar-refractivity contribution in [1.29, 1.82) is 0 Å². The van der Waals surface area contributed by atoms with Gasteiger partial charge in [-0.15, -0.1) is 0 Å². The van der Waals surface area contributed by atoms with Crippen molar-refractivity contribution in [2.75, 3.05) is 19.0 Å². The minimum absolute atomic E-state index is 0.0208. The molecule has 1 aromatic rings. The molecule has 0 aromatic heterocycles. The van der Waals surface area contributed by atoms with Crippen LogP contribution in [0, 0.1) is 0 Å². The van der Waals surface area contributed by atoms with Gasteiger partial charge in [0, 0.05) is 32.7 Å². The van der Waals surface area contributed by atoms with E-state index < -0.39 is 6.10 Å². The second kappa shape index (κ2) is 7.01. The van der Waals surface area contributed by atoms with Gasteiger partial charge in [0.15, 0.2) is 0 Å². The Balaban J connectivity index is 2.37. The van der Waals surface area contributed by atoms with Gasteiger partial charge in [-0.05, 0) is 31.0 Å². The first kappa shape index (κ1) is 14.5. The third kappa shape index (κ3) is 5.19. The molecule has 1 atom stereocenters. The molecule has 1 aromatic carbocycles. The Hall–Kier alpha value is -1.55. The molecule has 4 nitrogen and oxygen atoms in total. The molecule has 2 N–H and O–H groups in total. The quantitative estimate of drug-likeness (QED) is 0.805. The molecule has 0 radical (unpaired) electrons. The maximum Gasteiger partial charge on any atom is 0.220 e. The average molecular weight is 250 g/mol. The number of amides is 1. The molecule has 1 unspecified atom stereocenters. The van der Waals surface area contributed by atoms with Crippen LogP contribution in [0.25, 0.3) is 0 Å². The summed E-state index contributed by atoms with van der Waals surface area (Å²) in [6, 6.07) is 8.06. The molecule has 0 heterocycles. The smallest absolute Gasteiger partial charge is 0.220 e. The lowest BCUT2D eigenvalue weighted by atomic mass is 10.2. The molecular weight excluding hydrogens is 228 g/mol. The fourth-order valence-electron chi connectivity index (χ4n) is 1.54. The molecule has 0 aliphatic heterocycles. The monoisotopic (exact) mass is 250 g/mol. The highest BCUT2D eigenvalue weighted by atomic mass is 16.3. The zero-order chi connectivity index (χ0) is 13.5. The Bertz CT molecular complexity index is 372. The van der Waals surface area contributed by atoms with Gasteiger partial charge in [-0.1, -0.05) is 12.1 Å². The lowest BCUT2D eigenvalue weighted by Gasteiger charge is -2.13. The second-order valence-electron chi connectivity index (χ2n) is 4.73. The molecular formula is C14H22N2O2. The molecule has 0 aliphatic rings. The number of carbonyl (C=O) groups is 1. The van der Waals surface area contributed by atoms with Crippen molar-refractivity contribution in [3.8, 4) is 0 Å². The van der Waals surface area contributed by atoms with Gasteiger partial charge in [-0.25, -0.2) is 0 Å². The molecule has 0 bridgehead atoms. The van der Waals surface area contributed by atoms with Gasteiger partial charge in [-0.2, -0.15) is 0 Å². The molecule has 0 saturated heterocycles. The maximum atomic E-state index is 11.5. The molecule has 1 amide bonds. The van der Waals surface area contributed by atoms with Crippen LogP contribution in [0.3, 0.4) is 0 Å². The number of rotatable bonds is 6. The van der Waals surface area contributed by atoms with Crippen LogP contribution in [0.4, 0.5) is 5.69 Å². The minimum Gasteiger partial charge on any atom is -0.393 e. The largest absolute Gasteiger partial charge is 0.393 e. The second-order valence-corrected chi connectivity index (χ2v) is 4.73. The molecule has 0 spiro atoms. The van der Waals surface area contributed by atoms with Gasteiger partial charge in [0.1, 0.15) is 0 Å². The van der Waals surface area contributed by atoms with Crippen LogP contribution in [0.1, 0.15) is 25.3 Å². The predicted octanol–water partition coefficient (Wildman–Crippen LogP) is 1.53. The van der Waals surface area contributed by atoms with Gasteiger partial charge in [0.25, 0.3) is 0 Å². The van der Waals surface area contributed by atoms with Crippen LogP contribution < -0.4 is 10.2 Å². The van der Waals surface area contributed by atoms with Crippen LogP contribution in [0.15, 0.2) is 24.3 Å². The first-order valence-corrected chi connectivity index (χ1v) is 6.20. The van der Waals surface area contributed by atoms with E-state index in [0.717, 1.165) is 11.3 Å². The van der Waals surface area contributed by atoms with Crippen LogP contribution in [-0.4, -0.2) is 31.2 Å². The summed E-state index contributed by atoms with van der Waals surface area (Å²) in [4.78, 5) is 13.5. The summed E-state index contributed by atoms with van der Waals surface area (Å²) in [5, 5.41) is 11.9. The molecule has 4 heteroatoms. The van der Waals surface area contributed by atoms with E-state index in [1.165, 1.54) is 0 Å².